The maximum absolute atomic E-state index is 10.7. The molecule has 0 unspecified atom stereocenters. The van der Waals surface area contributed by atoms with Gasteiger partial charge in [-0.05, 0) is 12.5 Å². The summed E-state index contributed by atoms with van der Waals surface area (Å²) in [5, 5.41) is 0. The summed E-state index contributed by atoms with van der Waals surface area (Å²) < 4.78 is 28.4. The molecule has 0 saturated carbocycles. The van der Waals surface area contributed by atoms with E-state index in [-0.39, 0.29) is 5.57 Å². The molecule has 12 heavy (non-hydrogen) atoms. The topological polar surface area (TPSA) is 88.5 Å². The van der Waals surface area contributed by atoms with Crippen molar-refractivity contribution in [1.29, 1.82) is 0 Å². The summed E-state index contributed by atoms with van der Waals surface area (Å²) in [6.07, 6.45) is 0. The second-order valence-corrected chi connectivity index (χ2v) is 3.71. The molecule has 0 fully saturated rings. The third-order valence-electron chi connectivity index (χ3n) is 0.954. The molecule has 0 amide bonds. The minimum absolute atomic E-state index is 0.0522. The Kier molecular flexibility index (Phi) is 3.29. The van der Waals surface area contributed by atoms with E-state index in [9.17, 15) is 18.0 Å². The molecule has 0 aliphatic carbocycles. The van der Waals surface area contributed by atoms with Crippen LogP contribution in [0, 0.1) is 0 Å². The number of carbonyl (C=O) groups excluding carboxylic acids is 2. The van der Waals surface area contributed by atoms with Gasteiger partial charge in [-0.3, -0.25) is 14.1 Å². The number of carbonyl (C=O) groups is 2. The first-order valence-electron chi connectivity index (χ1n) is 2.92. The lowest BCUT2D eigenvalue weighted by atomic mass is 10.2. The van der Waals surface area contributed by atoms with Crippen molar-refractivity contribution in [1.82, 2.24) is 0 Å². The van der Waals surface area contributed by atoms with Crippen molar-refractivity contribution in [2.75, 3.05) is 5.75 Å². The van der Waals surface area contributed by atoms with Crippen molar-refractivity contribution >= 4 is 21.7 Å². The van der Waals surface area contributed by atoms with Gasteiger partial charge in [0.1, 0.15) is 5.75 Å². The van der Waals surface area contributed by atoms with E-state index in [4.69, 9.17) is 4.55 Å². The molecule has 0 aromatic carbocycles. The maximum Gasteiger partial charge on any atom is 0.272 e. The summed E-state index contributed by atoms with van der Waals surface area (Å²) in [7, 11) is -4.41. The van der Waals surface area contributed by atoms with Gasteiger partial charge in [0, 0.05) is 0 Å². The minimum atomic E-state index is -4.41. The summed E-state index contributed by atoms with van der Waals surface area (Å²) in [4.78, 5) is 21.3. The monoisotopic (exact) mass is 192 g/mol. The molecule has 6 heteroatoms. The molecule has 1 N–H and O–H groups in total. The van der Waals surface area contributed by atoms with Crippen LogP contribution in [0.3, 0.4) is 0 Å². The zero-order chi connectivity index (χ0) is 9.94. The molecular weight excluding hydrogens is 184 g/mol. The van der Waals surface area contributed by atoms with Crippen molar-refractivity contribution in [3.63, 3.8) is 0 Å². The van der Waals surface area contributed by atoms with Crippen molar-refractivity contribution in [2.45, 2.75) is 6.92 Å². The van der Waals surface area contributed by atoms with Crippen LogP contribution in [0.1, 0.15) is 6.92 Å². The van der Waals surface area contributed by atoms with E-state index in [0.29, 0.717) is 0 Å². The van der Waals surface area contributed by atoms with Crippen molar-refractivity contribution in [3.05, 3.63) is 12.2 Å². The van der Waals surface area contributed by atoms with E-state index >= 15 is 0 Å². The fourth-order valence-corrected chi connectivity index (χ4v) is 0.932. The van der Waals surface area contributed by atoms with Crippen LogP contribution in [0.15, 0.2) is 12.2 Å². The Morgan fingerprint density at radius 2 is 1.83 bits per heavy atom. The van der Waals surface area contributed by atoms with Crippen molar-refractivity contribution in [2.24, 2.45) is 0 Å². The summed E-state index contributed by atoms with van der Waals surface area (Å²) in [5.74, 6) is -3.34. The van der Waals surface area contributed by atoms with Crippen LogP contribution < -0.4 is 0 Å². The molecule has 0 bridgehead atoms. The Hall–Kier alpha value is -1.01. The minimum Gasteiger partial charge on any atom is -0.289 e. The molecule has 0 atom stereocenters. The Morgan fingerprint density at radius 1 is 1.42 bits per heavy atom. The molecule has 0 spiro atoms. The lowest BCUT2D eigenvalue weighted by Crippen LogP contribution is -2.23. The summed E-state index contributed by atoms with van der Waals surface area (Å²) >= 11 is 0. The van der Waals surface area contributed by atoms with Crippen LogP contribution in [-0.4, -0.2) is 30.3 Å². The second-order valence-electron chi connectivity index (χ2n) is 2.26. The number of hydrogen-bond acceptors (Lipinski definition) is 4. The van der Waals surface area contributed by atoms with Gasteiger partial charge in [0.15, 0.2) is 0 Å². The van der Waals surface area contributed by atoms with Gasteiger partial charge in [0.05, 0.1) is 0 Å². The van der Waals surface area contributed by atoms with Gasteiger partial charge in [-0.15, -0.1) is 0 Å². The summed E-state index contributed by atoms with van der Waals surface area (Å²) in [6, 6.07) is 0. The van der Waals surface area contributed by atoms with Gasteiger partial charge in [-0.2, -0.15) is 8.42 Å². The maximum atomic E-state index is 10.7. The molecule has 0 aromatic rings. The standard InChI is InChI=1S/C6H8O5S/c1-4(2)6(8)5(7)3-12(9,10)11/h1,3H2,2H3,(H,9,10,11). The average Bonchev–Trinajstić information content (AvgIpc) is 1.82. The van der Waals surface area contributed by atoms with Crippen LogP contribution in [0.4, 0.5) is 0 Å². The first-order chi connectivity index (χ1) is 5.24. The summed E-state index contributed by atoms with van der Waals surface area (Å²) in [5.41, 5.74) is -0.0522. The largest absolute Gasteiger partial charge is 0.289 e. The van der Waals surface area contributed by atoms with Gasteiger partial charge in [-0.1, -0.05) is 6.58 Å². The molecular formula is C6H8O5S. The number of rotatable bonds is 4. The highest BCUT2D eigenvalue weighted by Gasteiger charge is 2.20. The predicted molar refractivity (Wildman–Crippen MR) is 41.2 cm³/mol. The molecule has 68 valence electrons. The van der Waals surface area contributed by atoms with E-state index < -0.39 is 27.4 Å². The van der Waals surface area contributed by atoms with Gasteiger partial charge < -0.3 is 0 Å². The quantitative estimate of drug-likeness (QED) is 0.371. The SMILES string of the molecule is C=C(C)C(=O)C(=O)CS(=O)(=O)O. The zero-order valence-corrected chi connectivity index (χ0v) is 7.22. The predicted octanol–water partition coefficient (Wildman–Crippen LogP) is -0.412. The van der Waals surface area contributed by atoms with Gasteiger partial charge in [0.2, 0.25) is 11.6 Å². The van der Waals surface area contributed by atoms with E-state index in [2.05, 4.69) is 6.58 Å². The highest BCUT2D eigenvalue weighted by molar-refractivity contribution is 7.86. The molecule has 0 rings (SSSR count). The molecule has 0 aliphatic heterocycles. The third kappa shape index (κ3) is 3.99. The smallest absolute Gasteiger partial charge is 0.272 e. The molecule has 0 aliphatic rings. The lowest BCUT2D eigenvalue weighted by Gasteiger charge is -1.95. The van der Waals surface area contributed by atoms with Crippen LogP contribution in [0.5, 0.6) is 0 Å². The van der Waals surface area contributed by atoms with E-state index in [1.54, 1.807) is 0 Å². The fourth-order valence-electron chi connectivity index (χ4n) is 0.469. The Labute approximate surface area is 69.8 Å². The van der Waals surface area contributed by atoms with Gasteiger partial charge >= 0.3 is 0 Å². The Morgan fingerprint density at radius 3 is 2.08 bits per heavy atom. The van der Waals surface area contributed by atoms with Crippen molar-refractivity contribution < 1.29 is 22.6 Å². The number of ketones is 2. The van der Waals surface area contributed by atoms with E-state index in [0.717, 1.165) is 0 Å². The highest BCUT2D eigenvalue weighted by Crippen LogP contribution is 1.94. The Balaban J connectivity index is 4.46. The number of hydrogen-bond donors (Lipinski definition) is 1. The van der Waals surface area contributed by atoms with Crippen molar-refractivity contribution in [3.8, 4) is 0 Å². The molecule has 0 saturated heterocycles. The molecule has 0 aromatic heterocycles. The second kappa shape index (κ2) is 3.59. The van der Waals surface area contributed by atoms with Crippen LogP contribution in [-0.2, 0) is 19.7 Å². The number of allylic oxidation sites excluding steroid dienone is 1. The van der Waals surface area contributed by atoms with Gasteiger partial charge in [-0.25, -0.2) is 0 Å². The average molecular weight is 192 g/mol. The Bertz CT molecular complexity index is 324. The normalized spacial score (nSPS) is 10.8. The fraction of sp³-hybridized carbons (Fsp3) is 0.333. The molecule has 5 nitrogen and oxygen atoms in total. The van der Waals surface area contributed by atoms with Crippen LogP contribution in [0.25, 0.3) is 0 Å². The molecule has 0 heterocycles. The lowest BCUT2D eigenvalue weighted by molar-refractivity contribution is -0.132. The highest BCUT2D eigenvalue weighted by atomic mass is 32.2. The number of Topliss-reactive ketones (excluding diaryl/α,β-unsaturated/α-hetero) is 2. The van der Waals surface area contributed by atoms with Crippen LogP contribution >= 0.6 is 0 Å². The summed E-state index contributed by atoms with van der Waals surface area (Å²) in [6.45, 7) is 4.44. The molecule has 0 radical (unpaired) electrons. The third-order valence-corrected chi connectivity index (χ3v) is 1.58. The van der Waals surface area contributed by atoms with E-state index in [1.165, 1.54) is 6.92 Å². The van der Waals surface area contributed by atoms with E-state index in [1.807, 2.05) is 0 Å². The first kappa shape index (κ1) is 11.0. The first-order valence-corrected chi connectivity index (χ1v) is 4.53. The van der Waals surface area contributed by atoms with Gasteiger partial charge in [0.25, 0.3) is 10.1 Å². The van der Waals surface area contributed by atoms with Crippen LogP contribution in [0.2, 0.25) is 0 Å². The zero-order valence-electron chi connectivity index (χ0n) is 6.40.